The number of nitrogens with zero attached hydrogens (tertiary/aromatic N) is 1. The van der Waals surface area contributed by atoms with Crippen molar-refractivity contribution in [2.75, 3.05) is 0 Å². The Labute approximate surface area is 53.9 Å². The molecular formula is C7H8N2. The highest BCUT2D eigenvalue weighted by atomic mass is 14.9. The summed E-state index contributed by atoms with van der Waals surface area (Å²) < 4.78 is 0. The van der Waals surface area contributed by atoms with E-state index in [9.17, 15) is 0 Å². The zero-order valence-electron chi connectivity index (χ0n) is 5.04. The van der Waals surface area contributed by atoms with Gasteiger partial charge in [0.05, 0.1) is 0 Å². The smallest absolute Gasteiger partial charge is 0.129 e. The molecule has 0 fully saturated rings. The van der Waals surface area contributed by atoms with Gasteiger partial charge in [0.15, 0.2) is 0 Å². The molecule has 0 saturated carbocycles. The maximum absolute atomic E-state index is 3.96. The Hall–Kier alpha value is -1.31. The number of aromatic amines is 1. The number of H-pyrrole nitrogens is 1. The first-order chi connectivity index (χ1) is 4.43. The molecule has 2 nitrogen and oxygen atoms in total. The topological polar surface area (TPSA) is 28.7 Å². The minimum Gasteiger partial charge on any atom is -0.345 e. The van der Waals surface area contributed by atoms with Crippen LogP contribution in [-0.4, -0.2) is 9.97 Å². The Bertz CT molecular complexity index is 197. The normalized spacial score (nSPS) is 10.2. The third kappa shape index (κ3) is 1.57. The van der Waals surface area contributed by atoms with E-state index >= 15 is 0 Å². The first kappa shape index (κ1) is 5.82. The molecule has 1 heterocycles. The third-order valence-electron chi connectivity index (χ3n) is 0.910. The van der Waals surface area contributed by atoms with Crippen molar-refractivity contribution in [3.05, 3.63) is 36.9 Å². The van der Waals surface area contributed by atoms with Gasteiger partial charge in [-0.1, -0.05) is 18.7 Å². The van der Waals surface area contributed by atoms with Crippen LogP contribution in [0.5, 0.6) is 0 Å². The summed E-state index contributed by atoms with van der Waals surface area (Å²) >= 11 is 0. The van der Waals surface area contributed by atoms with E-state index in [0.29, 0.717) is 0 Å². The Kier molecular flexibility index (Phi) is 1.85. The SMILES string of the molecule is C=C/C=C\c1ncc[nH]1. The standard InChI is InChI=1S/C7H8N2/c1-2-3-4-7-8-5-6-9-7/h2-6H,1H2,(H,8,9)/b4-3-. The van der Waals surface area contributed by atoms with Crippen LogP contribution in [0.4, 0.5) is 0 Å². The highest BCUT2D eigenvalue weighted by Gasteiger charge is 1.80. The van der Waals surface area contributed by atoms with Gasteiger partial charge in [-0.2, -0.15) is 0 Å². The molecule has 2 heteroatoms. The summed E-state index contributed by atoms with van der Waals surface area (Å²) in [5.74, 6) is 0.856. The minimum atomic E-state index is 0.856. The van der Waals surface area contributed by atoms with Gasteiger partial charge in [0.1, 0.15) is 5.82 Å². The quantitative estimate of drug-likeness (QED) is 0.590. The van der Waals surface area contributed by atoms with Crippen LogP contribution in [0.3, 0.4) is 0 Å². The summed E-state index contributed by atoms with van der Waals surface area (Å²) in [7, 11) is 0. The largest absolute Gasteiger partial charge is 0.345 e. The van der Waals surface area contributed by atoms with Gasteiger partial charge in [-0.15, -0.1) is 0 Å². The van der Waals surface area contributed by atoms with Gasteiger partial charge in [-0.3, -0.25) is 0 Å². The number of imidazole rings is 1. The van der Waals surface area contributed by atoms with Crippen LogP contribution in [0.25, 0.3) is 6.08 Å². The van der Waals surface area contributed by atoms with Gasteiger partial charge in [-0.25, -0.2) is 4.98 Å². The summed E-state index contributed by atoms with van der Waals surface area (Å²) in [5, 5.41) is 0. The fourth-order valence-corrected chi connectivity index (χ4v) is 0.528. The molecule has 0 aliphatic heterocycles. The van der Waals surface area contributed by atoms with Gasteiger partial charge in [-0.05, 0) is 6.08 Å². The molecule has 1 aromatic rings. The molecule has 1 rings (SSSR count). The van der Waals surface area contributed by atoms with Crippen LogP contribution in [0.15, 0.2) is 31.1 Å². The lowest BCUT2D eigenvalue weighted by Gasteiger charge is -1.77. The lowest BCUT2D eigenvalue weighted by Crippen LogP contribution is -1.70. The van der Waals surface area contributed by atoms with Gasteiger partial charge in [0.25, 0.3) is 0 Å². The number of nitrogens with one attached hydrogen (secondary N) is 1. The number of rotatable bonds is 2. The molecule has 0 spiro atoms. The van der Waals surface area contributed by atoms with Crippen molar-refractivity contribution < 1.29 is 0 Å². The maximum atomic E-state index is 3.96. The van der Waals surface area contributed by atoms with Crippen LogP contribution < -0.4 is 0 Å². The van der Waals surface area contributed by atoms with Gasteiger partial charge >= 0.3 is 0 Å². The molecule has 0 radical (unpaired) electrons. The molecule has 1 aromatic heterocycles. The third-order valence-corrected chi connectivity index (χ3v) is 0.910. The Morgan fingerprint density at radius 2 is 2.56 bits per heavy atom. The number of hydrogen-bond acceptors (Lipinski definition) is 1. The summed E-state index contributed by atoms with van der Waals surface area (Å²) in [6.07, 6.45) is 8.89. The molecule has 0 amide bonds. The molecule has 46 valence electrons. The molecular weight excluding hydrogens is 112 g/mol. The highest BCUT2D eigenvalue weighted by Crippen LogP contribution is 1.90. The fraction of sp³-hybridized carbons (Fsp3) is 0. The van der Waals surface area contributed by atoms with E-state index in [1.807, 2.05) is 12.2 Å². The van der Waals surface area contributed by atoms with E-state index < -0.39 is 0 Å². The average molecular weight is 120 g/mol. The van der Waals surface area contributed by atoms with E-state index in [1.165, 1.54) is 0 Å². The molecule has 1 N–H and O–H groups in total. The zero-order chi connectivity index (χ0) is 6.53. The molecule has 9 heavy (non-hydrogen) atoms. The molecule has 0 bridgehead atoms. The van der Waals surface area contributed by atoms with Crippen molar-refractivity contribution in [1.29, 1.82) is 0 Å². The van der Waals surface area contributed by atoms with Crippen molar-refractivity contribution >= 4 is 6.08 Å². The number of hydrogen-bond donors (Lipinski definition) is 1. The van der Waals surface area contributed by atoms with Crippen LogP contribution in [-0.2, 0) is 0 Å². The van der Waals surface area contributed by atoms with Crippen LogP contribution in [0, 0.1) is 0 Å². The van der Waals surface area contributed by atoms with Crippen LogP contribution in [0.2, 0.25) is 0 Å². The van der Waals surface area contributed by atoms with E-state index in [4.69, 9.17) is 0 Å². The lowest BCUT2D eigenvalue weighted by molar-refractivity contribution is 1.26. The van der Waals surface area contributed by atoms with Crippen LogP contribution >= 0.6 is 0 Å². The first-order valence-corrected chi connectivity index (χ1v) is 2.72. The van der Waals surface area contributed by atoms with Crippen molar-refractivity contribution in [1.82, 2.24) is 9.97 Å². The predicted octanol–water partition coefficient (Wildman–Crippen LogP) is 1.61. The van der Waals surface area contributed by atoms with Gasteiger partial charge in [0, 0.05) is 12.4 Å². The molecule has 0 atom stereocenters. The maximum Gasteiger partial charge on any atom is 0.129 e. The molecule has 0 aromatic carbocycles. The fourth-order valence-electron chi connectivity index (χ4n) is 0.528. The molecule has 0 aliphatic carbocycles. The molecule has 0 unspecified atom stereocenters. The van der Waals surface area contributed by atoms with Crippen molar-refractivity contribution in [3.63, 3.8) is 0 Å². The Morgan fingerprint density at radius 3 is 3.11 bits per heavy atom. The van der Waals surface area contributed by atoms with Crippen LogP contribution in [0.1, 0.15) is 5.82 Å². The summed E-state index contributed by atoms with van der Waals surface area (Å²) in [4.78, 5) is 6.89. The minimum absolute atomic E-state index is 0.856. The average Bonchev–Trinajstić information content (AvgIpc) is 2.34. The Balaban J connectivity index is 2.67. The predicted molar refractivity (Wildman–Crippen MR) is 37.8 cm³/mol. The van der Waals surface area contributed by atoms with E-state index in [1.54, 1.807) is 18.5 Å². The summed E-state index contributed by atoms with van der Waals surface area (Å²) in [6, 6.07) is 0. The summed E-state index contributed by atoms with van der Waals surface area (Å²) in [6.45, 7) is 3.53. The highest BCUT2D eigenvalue weighted by molar-refractivity contribution is 5.41. The molecule has 0 saturated heterocycles. The lowest BCUT2D eigenvalue weighted by atomic mass is 10.5. The van der Waals surface area contributed by atoms with E-state index in [0.717, 1.165) is 5.82 Å². The van der Waals surface area contributed by atoms with Crippen molar-refractivity contribution in [2.45, 2.75) is 0 Å². The second-order valence-electron chi connectivity index (χ2n) is 1.57. The van der Waals surface area contributed by atoms with Crippen molar-refractivity contribution in [2.24, 2.45) is 0 Å². The van der Waals surface area contributed by atoms with Gasteiger partial charge < -0.3 is 4.98 Å². The van der Waals surface area contributed by atoms with E-state index in [-0.39, 0.29) is 0 Å². The number of allylic oxidation sites excluding steroid dienone is 2. The zero-order valence-corrected chi connectivity index (χ0v) is 5.04. The van der Waals surface area contributed by atoms with E-state index in [2.05, 4.69) is 16.5 Å². The molecule has 0 aliphatic rings. The second-order valence-corrected chi connectivity index (χ2v) is 1.57. The first-order valence-electron chi connectivity index (χ1n) is 2.72. The Morgan fingerprint density at radius 1 is 1.67 bits per heavy atom. The van der Waals surface area contributed by atoms with Gasteiger partial charge in [0.2, 0.25) is 0 Å². The van der Waals surface area contributed by atoms with Crippen molar-refractivity contribution in [3.8, 4) is 0 Å². The number of aromatic nitrogens is 2. The second kappa shape index (κ2) is 2.87. The summed E-state index contributed by atoms with van der Waals surface area (Å²) in [5.41, 5.74) is 0. The monoisotopic (exact) mass is 120 g/mol.